The smallest absolute Gasteiger partial charge is 0.365 e. The summed E-state index contributed by atoms with van der Waals surface area (Å²) in [6.45, 7) is 1.42. The molecule has 0 aliphatic heterocycles. The third-order valence-corrected chi connectivity index (χ3v) is 2.99. The Morgan fingerprint density at radius 2 is 1.75 bits per heavy atom. The van der Waals surface area contributed by atoms with Crippen LogP contribution in [0.15, 0.2) is 53.7 Å². The fraction of sp³-hybridized carbons (Fsp3) is 0.118. The lowest BCUT2D eigenvalue weighted by Gasteiger charge is -2.04. The van der Waals surface area contributed by atoms with E-state index in [9.17, 15) is 14.0 Å². The van der Waals surface area contributed by atoms with E-state index >= 15 is 0 Å². The summed E-state index contributed by atoms with van der Waals surface area (Å²) < 4.78 is 12.8. The van der Waals surface area contributed by atoms with Crippen molar-refractivity contribution in [2.24, 2.45) is 10.9 Å². The predicted molar refractivity (Wildman–Crippen MR) is 87.9 cm³/mol. The lowest BCUT2D eigenvalue weighted by atomic mass is 10.1. The molecule has 0 fully saturated rings. The number of amidine groups is 1. The maximum Gasteiger partial charge on any atom is 0.365 e. The van der Waals surface area contributed by atoms with E-state index in [0.29, 0.717) is 5.69 Å². The van der Waals surface area contributed by atoms with Crippen molar-refractivity contribution in [2.75, 3.05) is 5.32 Å². The molecule has 7 heteroatoms. The first-order chi connectivity index (χ1) is 11.4. The van der Waals surface area contributed by atoms with Gasteiger partial charge in [0.15, 0.2) is 0 Å². The van der Waals surface area contributed by atoms with Crippen LogP contribution in [0.25, 0.3) is 0 Å². The summed E-state index contributed by atoms with van der Waals surface area (Å²) in [5.41, 5.74) is 7.40. The first kappa shape index (κ1) is 17.1. The van der Waals surface area contributed by atoms with Gasteiger partial charge in [0.2, 0.25) is 5.91 Å². The number of anilines is 1. The van der Waals surface area contributed by atoms with Gasteiger partial charge < -0.3 is 15.9 Å². The molecule has 2 aromatic rings. The number of nitrogens with one attached hydrogen (secondary N) is 1. The predicted octanol–water partition coefficient (Wildman–Crippen LogP) is 2.46. The molecule has 2 rings (SSSR count). The van der Waals surface area contributed by atoms with Gasteiger partial charge in [0.25, 0.3) is 0 Å². The second-order valence-electron chi connectivity index (χ2n) is 5.02. The fourth-order valence-corrected chi connectivity index (χ4v) is 1.89. The molecule has 3 N–H and O–H groups in total. The standard InChI is InChI=1S/C17H16FN3O3/c1-11(22)20-15-8-2-12(3-9-15)10-16(19)21-24-17(23)13-4-6-14(18)7-5-13/h2-9H,10H2,1H3,(H2,19,21)(H,20,22). The molecule has 2 aromatic carbocycles. The van der Waals surface area contributed by atoms with Crippen molar-refractivity contribution in [2.45, 2.75) is 13.3 Å². The maximum absolute atomic E-state index is 12.8. The van der Waals surface area contributed by atoms with Gasteiger partial charge in [0.1, 0.15) is 11.7 Å². The van der Waals surface area contributed by atoms with Crippen LogP contribution in [0.3, 0.4) is 0 Å². The molecule has 0 unspecified atom stereocenters. The van der Waals surface area contributed by atoms with Crippen molar-refractivity contribution < 1.29 is 18.8 Å². The SMILES string of the molecule is CC(=O)Nc1ccc(C/C(N)=N\OC(=O)c2ccc(F)cc2)cc1. The highest BCUT2D eigenvalue weighted by Crippen LogP contribution is 2.10. The molecule has 0 aliphatic rings. The second kappa shape index (κ2) is 7.87. The first-order valence-corrected chi connectivity index (χ1v) is 7.10. The summed E-state index contributed by atoms with van der Waals surface area (Å²) in [6.07, 6.45) is 0.275. The summed E-state index contributed by atoms with van der Waals surface area (Å²) in [4.78, 5) is 27.4. The second-order valence-corrected chi connectivity index (χ2v) is 5.02. The summed E-state index contributed by atoms with van der Waals surface area (Å²) in [5, 5.41) is 6.22. The summed E-state index contributed by atoms with van der Waals surface area (Å²) >= 11 is 0. The van der Waals surface area contributed by atoms with Crippen LogP contribution in [0.4, 0.5) is 10.1 Å². The van der Waals surface area contributed by atoms with Crippen LogP contribution in [0.2, 0.25) is 0 Å². The van der Waals surface area contributed by atoms with Crippen molar-refractivity contribution in [3.05, 3.63) is 65.5 Å². The quantitative estimate of drug-likeness (QED) is 0.381. The highest BCUT2D eigenvalue weighted by molar-refractivity contribution is 5.90. The van der Waals surface area contributed by atoms with E-state index in [1.165, 1.54) is 19.1 Å². The summed E-state index contributed by atoms with van der Waals surface area (Å²) in [7, 11) is 0. The zero-order valence-electron chi connectivity index (χ0n) is 13.0. The molecule has 0 bridgehead atoms. The van der Waals surface area contributed by atoms with Crippen LogP contribution < -0.4 is 11.1 Å². The minimum atomic E-state index is -0.723. The van der Waals surface area contributed by atoms with Gasteiger partial charge in [-0.25, -0.2) is 9.18 Å². The van der Waals surface area contributed by atoms with Gasteiger partial charge in [-0.3, -0.25) is 4.79 Å². The van der Waals surface area contributed by atoms with Crippen LogP contribution in [0.1, 0.15) is 22.8 Å². The number of hydrogen-bond donors (Lipinski definition) is 2. The zero-order chi connectivity index (χ0) is 17.5. The molecule has 0 aromatic heterocycles. The number of nitrogens with zero attached hydrogens (tertiary/aromatic N) is 1. The Labute approximate surface area is 138 Å². The van der Waals surface area contributed by atoms with Gasteiger partial charge in [-0.05, 0) is 42.0 Å². The van der Waals surface area contributed by atoms with E-state index in [4.69, 9.17) is 10.6 Å². The molecule has 0 spiro atoms. The van der Waals surface area contributed by atoms with E-state index in [2.05, 4.69) is 10.5 Å². The third-order valence-electron chi connectivity index (χ3n) is 2.99. The van der Waals surface area contributed by atoms with E-state index in [0.717, 1.165) is 17.7 Å². The molecule has 0 saturated heterocycles. The molecule has 124 valence electrons. The molecule has 0 heterocycles. The van der Waals surface area contributed by atoms with Gasteiger partial charge in [0, 0.05) is 19.0 Å². The number of oxime groups is 1. The monoisotopic (exact) mass is 329 g/mol. The Morgan fingerprint density at radius 3 is 2.33 bits per heavy atom. The van der Waals surface area contributed by atoms with E-state index < -0.39 is 11.8 Å². The molecular formula is C17H16FN3O3. The zero-order valence-corrected chi connectivity index (χ0v) is 13.0. The summed E-state index contributed by atoms with van der Waals surface area (Å²) in [6, 6.07) is 11.9. The van der Waals surface area contributed by atoms with Gasteiger partial charge >= 0.3 is 5.97 Å². The molecule has 0 atom stereocenters. The number of carbonyl (C=O) groups is 2. The van der Waals surface area contributed by atoms with Gasteiger partial charge in [-0.1, -0.05) is 17.3 Å². The van der Waals surface area contributed by atoms with Crippen LogP contribution in [-0.4, -0.2) is 17.7 Å². The van der Waals surface area contributed by atoms with Crippen molar-refractivity contribution in [3.8, 4) is 0 Å². The van der Waals surface area contributed by atoms with Gasteiger partial charge in [0.05, 0.1) is 5.56 Å². The average molecular weight is 329 g/mol. The van der Waals surface area contributed by atoms with Gasteiger partial charge in [-0.2, -0.15) is 0 Å². The Kier molecular flexibility index (Phi) is 5.62. The van der Waals surface area contributed by atoms with Crippen molar-refractivity contribution in [1.29, 1.82) is 0 Å². The number of nitrogens with two attached hydrogens (primary N) is 1. The molecule has 24 heavy (non-hydrogen) atoms. The maximum atomic E-state index is 12.8. The highest BCUT2D eigenvalue weighted by Gasteiger charge is 2.07. The van der Waals surface area contributed by atoms with E-state index in [-0.39, 0.29) is 23.7 Å². The molecule has 0 radical (unpaired) electrons. The molecule has 6 nitrogen and oxygen atoms in total. The van der Waals surface area contributed by atoms with Crippen molar-refractivity contribution in [3.63, 3.8) is 0 Å². The lowest BCUT2D eigenvalue weighted by Crippen LogP contribution is -2.16. The highest BCUT2D eigenvalue weighted by atomic mass is 19.1. The topological polar surface area (TPSA) is 93.8 Å². The third kappa shape index (κ3) is 5.20. The number of amides is 1. The van der Waals surface area contributed by atoms with Crippen LogP contribution in [-0.2, 0) is 16.1 Å². The molecule has 0 saturated carbocycles. The number of carbonyl (C=O) groups excluding carboxylic acids is 2. The lowest BCUT2D eigenvalue weighted by molar-refractivity contribution is -0.114. The first-order valence-electron chi connectivity index (χ1n) is 7.10. The summed E-state index contributed by atoms with van der Waals surface area (Å²) in [5.74, 6) is -1.22. The number of benzene rings is 2. The average Bonchev–Trinajstić information content (AvgIpc) is 2.54. The number of hydrogen-bond acceptors (Lipinski definition) is 4. The van der Waals surface area contributed by atoms with Crippen molar-refractivity contribution >= 4 is 23.4 Å². The minimum Gasteiger partial charge on any atom is -0.384 e. The molecule has 0 aliphatic carbocycles. The Balaban J connectivity index is 1.92. The van der Waals surface area contributed by atoms with Gasteiger partial charge in [-0.15, -0.1) is 0 Å². The van der Waals surface area contributed by atoms with Crippen LogP contribution in [0.5, 0.6) is 0 Å². The molecule has 1 amide bonds. The van der Waals surface area contributed by atoms with Crippen LogP contribution >= 0.6 is 0 Å². The Morgan fingerprint density at radius 1 is 1.12 bits per heavy atom. The largest absolute Gasteiger partial charge is 0.384 e. The minimum absolute atomic E-state index is 0.109. The number of halogens is 1. The van der Waals surface area contributed by atoms with E-state index in [1.807, 2.05) is 0 Å². The Bertz CT molecular complexity index is 756. The molecular weight excluding hydrogens is 313 g/mol. The van der Waals surface area contributed by atoms with Crippen LogP contribution in [0, 0.1) is 5.82 Å². The fourth-order valence-electron chi connectivity index (χ4n) is 1.89. The number of rotatable bonds is 5. The van der Waals surface area contributed by atoms with E-state index in [1.54, 1.807) is 24.3 Å². The van der Waals surface area contributed by atoms with Crippen molar-refractivity contribution in [1.82, 2.24) is 0 Å². The normalized spacial score (nSPS) is 11.0. The Hall–Kier alpha value is -3.22.